The van der Waals surface area contributed by atoms with Crippen molar-refractivity contribution in [1.29, 1.82) is 0 Å². The van der Waals surface area contributed by atoms with Crippen LogP contribution in [-0.2, 0) is 19.2 Å². The lowest BCUT2D eigenvalue weighted by molar-refractivity contribution is -0.126. The number of ketones is 3. The topological polar surface area (TPSA) is 92.9 Å². The van der Waals surface area contributed by atoms with Crippen molar-refractivity contribution in [3.8, 4) is 0 Å². The summed E-state index contributed by atoms with van der Waals surface area (Å²) in [6, 6.07) is 0. The van der Waals surface area contributed by atoms with Gasteiger partial charge in [-0.05, 0) is 0 Å². The minimum Gasteiger partial charge on any atom is -0.303 e. The van der Waals surface area contributed by atoms with E-state index in [9.17, 15) is 14.4 Å². The highest BCUT2D eigenvalue weighted by molar-refractivity contribution is 5.84. The van der Waals surface area contributed by atoms with Gasteiger partial charge in [-0.1, -0.05) is 34.6 Å². The second-order valence-corrected chi connectivity index (χ2v) is 6.99. The van der Waals surface area contributed by atoms with E-state index in [1.807, 2.05) is 44.4 Å². The van der Waals surface area contributed by atoms with Crippen molar-refractivity contribution >= 4 is 17.3 Å². The number of Topliss-reactive ketones (excluding diaryl/α,β-unsaturated/α-hetero) is 3. The molecule has 0 atom stereocenters. The first-order valence-electron chi connectivity index (χ1n) is 9.04. The van der Waals surface area contributed by atoms with Crippen LogP contribution in [0, 0.1) is 11.8 Å². The lowest BCUT2D eigenvalue weighted by Gasteiger charge is -2.27. The Balaban J connectivity index is 4.80. The number of rotatable bonds is 15. The lowest BCUT2D eigenvalue weighted by Crippen LogP contribution is -2.43. The van der Waals surface area contributed by atoms with Crippen LogP contribution in [0.3, 0.4) is 0 Å². The van der Waals surface area contributed by atoms with Crippen LogP contribution >= 0.6 is 0 Å². The highest BCUT2D eigenvalue weighted by atomic mass is 16.6. The first-order valence-corrected chi connectivity index (χ1v) is 9.04. The molecular weight excluding hydrogens is 322 g/mol. The van der Waals surface area contributed by atoms with E-state index in [0.29, 0.717) is 39.2 Å². The number of hydrogen-bond donors (Lipinski definition) is 1. The van der Waals surface area contributed by atoms with Crippen molar-refractivity contribution in [3.63, 3.8) is 0 Å². The van der Waals surface area contributed by atoms with Crippen LogP contribution in [0.4, 0.5) is 0 Å². The molecule has 0 aromatic carbocycles. The molecule has 0 aromatic heterocycles. The summed E-state index contributed by atoms with van der Waals surface area (Å²) in [6.07, 6.45) is 0.447. The number of nitrogens with two attached hydrogens (primary N) is 1. The third-order valence-corrected chi connectivity index (χ3v) is 4.10. The smallest absolute Gasteiger partial charge is 0.149 e. The van der Waals surface area contributed by atoms with Crippen molar-refractivity contribution in [2.24, 2.45) is 17.7 Å². The van der Waals surface area contributed by atoms with Crippen LogP contribution in [0.5, 0.6) is 0 Å². The molecule has 7 nitrogen and oxygen atoms in total. The van der Waals surface area contributed by atoms with E-state index in [1.165, 1.54) is 0 Å². The van der Waals surface area contributed by atoms with Gasteiger partial charge in [0.2, 0.25) is 0 Å². The molecular formula is C18H35N3O4. The average Bonchev–Trinajstić information content (AvgIpc) is 2.56. The molecule has 0 heterocycles. The average molecular weight is 357 g/mol. The summed E-state index contributed by atoms with van der Waals surface area (Å²) >= 11 is 0. The highest BCUT2D eigenvalue weighted by Gasteiger charge is 2.19. The van der Waals surface area contributed by atoms with E-state index in [1.54, 1.807) is 0 Å². The van der Waals surface area contributed by atoms with Gasteiger partial charge >= 0.3 is 0 Å². The Kier molecular flexibility index (Phi) is 12.5. The van der Waals surface area contributed by atoms with E-state index >= 15 is 0 Å². The summed E-state index contributed by atoms with van der Waals surface area (Å²) in [4.78, 5) is 44.3. The largest absolute Gasteiger partial charge is 0.303 e. The summed E-state index contributed by atoms with van der Waals surface area (Å²) in [5.74, 6) is 5.35. The van der Waals surface area contributed by atoms with Crippen LogP contribution in [0.1, 0.15) is 41.0 Å². The number of hydrogen-bond acceptors (Lipinski definition) is 7. The molecule has 0 unspecified atom stereocenters. The van der Waals surface area contributed by atoms with Crippen molar-refractivity contribution in [2.45, 2.75) is 41.0 Å². The molecule has 0 rings (SSSR count). The van der Waals surface area contributed by atoms with Crippen molar-refractivity contribution in [2.75, 3.05) is 45.9 Å². The molecule has 0 fully saturated rings. The summed E-state index contributed by atoms with van der Waals surface area (Å²) in [5.41, 5.74) is 0. The predicted octanol–water partition coefficient (Wildman–Crippen LogP) is 0.910. The van der Waals surface area contributed by atoms with Gasteiger partial charge in [0.1, 0.15) is 17.3 Å². The Morgan fingerprint density at radius 3 is 1.76 bits per heavy atom. The standard InChI is InChI=1S/C18H35N3O4/c1-6-16(22)11-21(13-18(24)15(4)5)8-7-20(9-10-25-19)12-17(23)14(2)3/h14-15H,6-13,19H2,1-5H3. The van der Waals surface area contributed by atoms with Crippen LogP contribution in [0.25, 0.3) is 0 Å². The van der Waals surface area contributed by atoms with E-state index < -0.39 is 0 Å². The Morgan fingerprint density at radius 1 is 0.840 bits per heavy atom. The van der Waals surface area contributed by atoms with Gasteiger partial charge in [-0.25, -0.2) is 5.90 Å². The second-order valence-electron chi connectivity index (χ2n) is 6.99. The number of nitrogens with zero attached hydrogens (tertiary/aromatic N) is 2. The molecule has 0 aromatic rings. The van der Waals surface area contributed by atoms with E-state index in [4.69, 9.17) is 5.90 Å². The molecule has 0 spiro atoms. The molecule has 7 heteroatoms. The quantitative estimate of drug-likeness (QED) is 0.435. The first-order chi connectivity index (χ1) is 11.7. The normalized spacial score (nSPS) is 11.8. The molecule has 0 amide bonds. The van der Waals surface area contributed by atoms with Crippen molar-refractivity contribution < 1.29 is 19.2 Å². The summed E-state index contributed by atoms with van der Waals surface area (Å²) in [6.45, 7) is 12.1. The van der Waals surface area contributed by atoms with Crippen LogP contribution in [0.15, 0.2) is 0 Å². The van der Waals surface area contributed by atoms with E-state index in [2.05, 4.69) is 4.84 Å². The maximum absolute atomic E-state index is 12.0. The summed E-state index contributed by atoms with van der Waals surface area (Å²) in [7, 11) is 0. The molecule has 0 aliphatic rings. The zero-order valence-electron chi connectivity index (χ0n) is 16.4. The van der Waals surface area contributed by atoms with Crippen molar-refractivity contribution in [3.05, 3.63) is 0 Å². The van der Waals surface area contributed by atoms with Crippen LogP contribution in [0.2, 0.25) is 0 Å². The molecule has 0 aliphatic carbocycles. The monoisotopic (exact) mass is 357 g/mol. The molecule has 0 saturated carbocycles. The van der Waals surface area contributed by atoms with Gasteiger partial charge in [0, 0.05) is 37.9 Å². The predicted molar refractivity (Wildman–Crippen MR) is 98.0 cm³/mol. The third-order valence-electron chi connectivity index (χ3n) is 4.10. The Bertz CT molecular complexity index is 425. The molecule has 25 heavy (non-hydrogen) atoms. The van der Waals surface area contributed by atoms with Gasteiger partial charge in [-0.2, -0.15) is 0 Å². The second kappa shape index (κ2) is 13.1. The lowest BCUT2D eigenvalue weighted by atomic mass is 10.1. The highest BCUT2D eigenvalue weighted by Crippen LogP contribution is 2.02. The zero-order chi connectivity index (χ0) is 19.4. The fourth-order valence-electron chi connectivity index (χ4n) is 2.12. The van der Waals surface area contributed by atoms with Crippen LogP contribution in [-0.4, -0.2) is 73.0 Å². The summed E-state index contributed by atoms with van der Waals surface area (Å²) < 4.78 is 0. The first kappa shape index (κ1) is 23.9. The van der Waals surface area contributed by atoms with Gasteiger partial charge < -0.3 is 4.84 Å². The number of carbonyl (C=O) groups is 3. The number of carbonyl (C=O) groups excluding carboxylic acids is 3. The molecule has 2 N–H and O–H groups in total. The summed E-state index contributed by atoms with van der Waals surface area (Å²) in [5, 5.41) is 0. The van der Waals surface area contributed by atoms with Gasteiger partial charge in [0.15, 0.2) is 0 Å². The molecule has 0 bridgehead atoms. The van der Waals surface area contributed by atoms with E-state index in [0.717, 1.165) is 0 Å². The fourth-order valence-corrected chi connectivity index (χ4v) is 2.12. The van der Waals surface area contributed by atoms with Gasteiger partial charge in [-0.15, -0.1) is 0 Å². The minimum atomic E-state index is -0.0662. The molecule has 0 saturated heterocycles. The Labute approximate surface area is 151 Å². The molecule has 0 aliphatic heterocycles. The van der Waals surface area contributed by atoms with Crippen LogP contribution < -0.4 is 5.90 Å². The van der Waals surface area contributed by atoms with Gasteiger partial charge in [-0.3, -0.25) is 24.2 Å². The zero-order valence-corrected chi connectivity index (χ0v) is 16.4. The van der Waals surface area contributed by atoms with E-state index in [-0.39, 0.29) is 42.3 Å². The Hall–Kier alpha value is -1.15. The Morgan fingerprint density at radius 2 is 1.32 bits per heavy atom. The molecule has 0 radical (unpaired) electrons. The fraction of sp³-hybridized carbons (Fsp3) is 0.833. The third kappa shape index (κ3) is 11.1. The van der Waals surface area contributed by atoms with Gasteiger partial charge in [0.25, 0.3) is 0 Å². The maximum atomic E-state index is 12.0. The SMILES string of the molecule is CCC(=O)CN(CCN(CCON)CC(=O)C(C)C)CC(=O)C(C)C. The molecule has 146 valence electrons. The van der Waals surface area contributed by atoms with Gasteiger partial charge in [0.05, 0.1) is 26.2 Å². The minimum absolute atomic E-state index is 0.0402. The maximum Gasteiger partial charge on any atom is 0.149 e. The van der Waals surface area contributed by atoms with Crippen molar-refractivity contribution in [1.82, 2.24) is 9.80 Å².